The number of carboxylic acid groups (broad SMARTS) is 1. The van der Waals surface area contributed by atoms with Gasteiger partial charge in [-0.15, -0.1) is 0 Å². The lowest BCUT2D eigenvalue weighted by atomic mass is 9.90. The van der Waals surface area contributed by atoms with Crippen LogP contribution in [0, 0.1) is 5.92 Å². The molecule has 22 heavy (non-hydrogen) atoms. The van der Waals surface area contributed by atoms with E-state index < -0.39 is 5.97 Å². The number of benzene rings is 2. The summed E-state index contributed by atoms with van der Waals surface area (Å²) in [4.78, 5) is 23.6. The molecule has 1 heterocycles. The van der Waals surface area contributed by atoms with Crippen LogP contribution in [0.4, 0.5) is 0 Å². The second-order valence-corrected chi connectivity index (χ2v) is 5.48. The number of rotatable bonds is 4. The average Bonchev–Trinajstić information content (AvgIpc) is 3.09. The Labute approximate surface area is 128 Å². The number of carboxylic acids is 1. The molecule has 0 aliphatic carbocycles. The smallest absolute Gasteiger partial charge is 0.335 e. The summed E-state index contributed by atoms with van der Waals surface area (Å²) in [6.07, 6.45) is 0.866. The summed E-state index contributed by atoms with van der Waals surface area (Å²) < 4.78 is 0. The van der Waals surface area contributed by atoms with Crippen LogP contribution in [0.15, 0.2) is 48.5 Å². The van der Waals surface area contributed by atoms with Crippen molar-refractivity contribution in [3.8, 4) is 11.1 Å². The Morgan fingerprint density at radius 3 is 2.41 bits per heavy atom. The molecule has 1 unspecified atom stereocenters. The van der Waals surface area contributed by atoms with Crippen LogP contribution in [0.1, 0.15) is 27.1 Å². The SMILES string of the molecule is O=C(O)c1ccc(-c2ccccc2C(=O)C2CCNC2)cc1. The third-order valence-electron chi connectivity index (χ3n) is 4.07. The maximum absolute atomic E-state index is 12.7. The van der Waals surface area contributed by atoms with Crippen molar-refractivity contribution in [3.05, 3.63) is 59.7 Å². The Hall–Kier alpha value is -2.46. The highest BCUT2D eigenvalue weighted by atomic mass is 16.4. The van der Waals surface area contributed by atoms with Gasteiger partial charge in [0, 0.05) is 18.0 Å². The number of hydrogen-bond donors (Lipinski definition) is 2. The predicted octanol–water partition coefficient (Wildman–Crippen LogP) is 2.84. The van der Waals surface area contributed by atoms with E-state index in [4.69, 9.17) is 5.11 Å². The molecule has 3 rings (SSSR count). The van der Waals surface area contributed by atoms with Crippen LogP contribution in [0.3, 0.4) is 0 Å². The molecule has 1 fully saturated rings. The Morgan fingerprint density at radius 2 is 1.77 bits per heavy atom. The summed E-state index contributed by atoms with van der Waals surface area (Å²) in [7, 11) is 0. The predicted molar refractivity (Wildman–Crippen MR) is 84.1 cm³/mol. The molecule has 0 spiro atoms. The highest BCUT2D eigenvalue weighted by Gasteiger charge is 2.25. The summed E-state index contributed by atoms with van der Waals surface area (Å²) in [6.45, 7) is 1.61. The fourth-order valence-corrected chi connectivity index (χ4v) is 2.84. The van der Waals surface area contributed by atoms with E-state index in [1.165, 1.54) is 0 Å². The number of nitrogens with one attached hydrogen (secondary N) is 1. The highest BCUT2D eigenvalue weighted by molar-refractivity contribution is 6.04. The summed E-state index contributed by atoms with van der Waals surface area (Å²) in [5, 5.41) is 12.2. The van der Waals surface area contributed by atoms with Crippen LogP contribution in [0.5, 0.6) is 0 Å². The van der Waals surface area contributed by atoms with Gasteiger partial charge in [-0.1, -0.05) is 36.4 Å². The lowest BCUT2D eigenvalue weighted by Crippen LogP contribution is -2.18. The molecule has 2 aromatic carbocycles. The summed E-state index contributed by atoms with van der Waals surface area (Å²) in [5.41, 5.74) is 2.67. The molecule has 4 nitrogen and oxygen atoms in total. The van der Waals surface area contributed by atoms with Crippen molar-refractivity contribution in [1.29, 1.82) is 0 Å². The van der Waals surface area contributed by atoms with Crippen LogP contribution in [0.2, 0.25) is 0 Å². The van der Waals surface area contributed by atoms with Crippen molar-refractivity contribution >= 4 is 11.8 Å². The Bertz CT molecular complexity index is 701. The van der Waals surface area contributed by atoms with Crippen molar-refractivity contribution in [2.24, 2.45) is 5.92 Å². The zero-order valence-electron chi connectivity index (χ0n) is 12.1. The van der Waals surface area contributed by atoms with Gasteiger partial charge < -0.3 is 10.4 Å². The number of ketones is 1. The van der Waals surface area contributed by atoms with Crippen molar-refractivity contribution < 1.29 is 14.7 Å². The molecule has 0 radical (unpaired) electrons. The first kappa shape index (κ1) is 14.5. The quantitative estimate of drug-likeness (QED) is 0.851. The molecule has 0 aromatic heterocycles. The number of aromatic carboxylic acids is 1. The zero-order valence-corrected chi connectivity index (χ0v) is 12.1. The molecule has 0 amide bonds. The minimum absolute atomic E-state index is 0.0273. The second kappa shape index (κ2) is 6.12. The first-order chi connectivity index (χ1) is 10.7. The van der Waals surface area contributed by atoms with Gasteiger partial charge in [-0.25, -0.2) is 4.79 Å². The molecule has 1 saturated heterocycles. The minimum atomic E-state index is -0.951. The third-order valence-corrected chi connectivity index (χ3v) is 4.07. The van der Waals surface area contributed by atoms with Gasteiger partial charge in [0.1, 0.15) is 0 Å². The number of Topliss-reactive ketones (excluding diaryl/α,β-unsaturated/α-hetero) is 1. The normalized spacial score (nSPS) is 17.4. The molecular formula is C18H17NO3. The Kier molecular flexibility index (Phi) is 4.02. The van der Waals surface area contributed by atoms with Gasteiger partial charge >= 0.3 is 5.97 Å². The summed E-state index contributed by atoms with van der Waals surface area (Å²) >= 11 is 0. The van der Waals surface area contributed by atoms with E-state index in [-0.39, 0.29) is 17.3 Å². The monoisotopic (exact) mass is 295 g/mol. The maximum atomic E-state index is 12.7. The lowest BCUT2D eigenvalue weighted by molar-refractivity contribution is 0.0696. The number of carbonyl (C=O) groups is 2. The average molecular weight is 295 g/mol. The maximum Gasteiger partial charge on any atom is 0.335 e. The standard InChI is InChI=1S/C18H17NO3/c20-17(14-9-10-19-11-14)16-4-2-1-3-15(16)12-5-7-13(8-6-12)18(21)22/h1-8,14,19H,9-11H2,(H,21,22). The fourth-order valence-electron chi connectivity index (χ4n) is 2.84. The molecule has 2 aromatic rings. The van der Waals surface area contributed by atoms with Crippen molar-refractivity contribution in [3.63, 3.8) is 0 Å². The number of hydrogen-bond acceptors (Lipinski definition) is 3. The first-order valence-corrected chi connectivity index (χ1v) is 7.34. The van der Waals surface area contributed by atoms with Gasteiger partial charge in [0.2, 0.25) is 0 Å². The Balaban J connectivity index is 1.96. The molecule has 1 aliphatic heterocycles. The summed E-state index contributed by atoms with van der Waals surface area (Å²) in [5.74, 6) is -0.768. The van der Waals surface area contributed by atoms with Gasteiger partial charge in [-0.05, 0) is 36.2 Å². The van der Waals surface area contributed by atoms with E-state index in [1.807, 2.05) is 24.3 Å². The van der Waals surface area contributed by atoms with Crippen molar-refractivity contribution in [2.75, 3.05) is 13.1 Å². The van der Waals surface area contributed by atoms with E-state index in [9.17, 15) is 9.59 Å². The van der Waals surface area contributed by atoms with E-state index in [1.54, 1.807) is 24.3 Å². The molecule has 2 N–H and O–H groups in total. The van der Waals surface area contributed by atoms with Gasteiger partial charge in [-0.2, -0.15) is 0 Å². The van der Waals surface area contributed by atoms with Crippen LogP contribution in [-0.2, 0) is 0 Å². The van der Waals surface area contributed by atoms with Gasteiger partial charge in [-0.3, -0.25) is 4.79 Å². The van der Waals surface area contributed by atoms with E-state index in [0.29, 0.717) is 5.56 Å². The van der Waals surface area contributed by atoms with Gasteiger partial charge in [0.15, 0.2) is 5.78 Å². The van der Waals surface area contributed by atoms with Crippen molar-refractivity contribution in [2.45, 2.75) is 6.42 Å². The third kappa shape index (κ3) is 2.78. The molecule has 0 bridgehead atoms. The lowest BCUT2D eigenvalue weighted by Gasteiger charge is -2.12. The molecule has 1 aliphatic rings. The van der Waals surface area contributed by atoms with Crippen LogP contribution < -0.4 is 5.32 Å². The Morgan fingerprint density at radius 1 is 1.05 bits per heavy atom. The topological polar surface area (TPSA) is 66.4 Å². The zero-order chi connectivity index (χ0) is 15.5. The van der Waals surface area contributed by atoms with Gasteiger partial charge in [0.25, 0.3) is 0 Å². The highest BCUT2D eigenvalue weighted by Crippen LogP contribution is 2.27. The second-order valence-electron chi connectivity index (χ2n) is 5.48. The van der Waals surface area contributed by atoms with Gasteiger partial charge in [0.05, 0.1) is 5.56 Å². The van der Waals surface area contributed by atoms with E-state index in [2.05, 4.69) is 5.32 Å². The first-order valence-electron chi connectivity index (χ1n) is 7.34. The molecule has 0 saturated carbocycles. The summed E-state index contributed by atoms with van der Waals surface area (Å²) in [6, 6.07) is 14.2. The fraction of sp³-hybridized carbons (Fsp3) is 0.222. The van der Waals surface area contributed by atoms with Crippen LogP contribution in [0.25, 0.3) is 11.1 Å². The molecular weight excluding hydrogens is 278 g/mol. The molecule has 4 heteroatoms. The molecule has 112 valence electrons. The van der Waals surface area contributed by atoms with E-state index in [0.717, 1.165) is 30.6 Å². The van der Waals surface area contributed by atoms with Crippen LogP contribution >= 0.6 is 0 Å². The van der Waals surface area contributed by atoms with E-state index >= 15 is 0 Å². The van der Waals surface area contributed by atoms with Crippen molar-refractivity contribution in [1.82, 2.24) is 5.32 Å². The number of carbonyl (C=O) groups excluding carboxylic acids is 1. The largest absolute Gasteiger partial charge is 0.478 e. The molecule has 1 atom stereocenters. The van der Waals surface area contributed by atoms with Crippen LogP contribution in [-0.4, -0.2) is 29.9 Å². The minimum Gasteiger partial charge on any atom is -0.478 e.